The monoisotopic (exact) mass is 1120 g/mol. The highest BCUT2D eigenvalue weighted by atomic mass is 32.1. The molecule has 5 aliphatic heterocycles. The lowest BCUT2D eigenvalue weighted by atomic mass is 9.77. The van der Waals surface area contributed by atoms with Gasteiger partial charge >= 0.3 is 6.01 Å². The highest BCUT2D eigenvalue weighted by Gasteiger charge is 2.52. The van der Waals surface area contributed by atoms with E-state index >= 15 is 4.39 Å². The van der Waals surface area contributed by atoms with Gasteiger partial charge in [0.05, 0.1) is 40.2 Å². The van der Waals surface area contributed by atoms with E-state index in [0.29, 0.717) is 53.0 Å². The average Bonchev–Trinajstić information content (AvgIpc) is 4.40. The second-order valence-corrected chi connectivity index (χ2v) is 24.7. The molecular formula is C61H72FN11O7S. The van der Waals surface area contributed by atoms with Crippen molar-refractivity contribution in [2.24, 2.45) is 5.92 Å². The van der Waals surface area contributed by atoms with Crippen LogP contribution in [-0.4, -0.2) is 140 Å². The Bertz CT molecular complexity index is 3450. The number of anilines is 1. The third-order valence-electron chi connectivity index (χ3n) is 17.4. The van der Waals surface area contributed by atoms with Crippen LogP contribution in [0.25, 0.3) is 43.4 Å². The molecule has 5 saturated heterocycles. The number of piperazine rings is 1. The maximum atomic E-state index is 17.2. The number of aryl methyl sites for hydroxylation is 2. The number of thiazole rings is 1. The number of halogens is 1. The molecule has 0 radical (unpaired) electrons. The smallest absolute Gasteiger partial charge is 0.319 e. The van der Waals surface area contributed by atoms with Crippen molar-refractivity contribution in [3.8, 4) is 39.3 Å². The lowest BCUT2D eigenvalue weighted by Gasteiger charge is -2.42. The number of nitrogens with zero attached hydrogens (tertiary/aromatic N) is 7. The Kier molecular flexibility index (Phi) is 15.3. The summed E-state index contributed by atoms with van der Waals surface area (Å²) in [5, 5.41) is 41.4. The van der Waals surface area contributed by atoms with Gasteiger partial charge in [-0.15, -0.1) is 11.3 Å². The van der Waals surface area contributed by atoms with E-state index in [2.05, 4.69) is 48.1 Å². The number of ketones is 1. The van der Waals surface area contributed by atoms with Crippen LogP contribution in [0, 0.1) is 18.7 Å². The summed E-state index contributed by atoms with van der Waals surface area (Å²) >= 11 is 1.58. The predicted octanol–water partition coefficient (Wildman–Crippen LogP) is 7.72. The number of phenols is 1. The molecule has 7 aromatic rings. The Morgan fingerprint density at radius 2 is 1.84 bits per heavy atom. The number of pyridine rings is 1. The SMILES string of the molecule is CCc1cccc2cc(O)cc(-c3ncc4c(N5CC6CCC(C5)N6)nc(OCCC5CC(CN6CC(Oc7cc(C(C)(C)CC(=O)[C@@]8(C(=O)N[C@@H](C)c9ccc(-c%10scnc%10C)cc9)CC(O)CN8)on7)C6)CCN5)nc4c3F)c12. The van der Waals surface area contributed by atoms with Crippen LogP contribution in [0.2, 0.25) is 0 Å². The summed E-state index contributed by atoms with van der Waals surface area (Å²) in [6.45, 7) is 15.0. The number of phenolic OH excluding ortho intramolecular Hbond substituents is 1. The zero-order chi connectivity index (χ0) is 56.2. The third kappa shape index (κ3) is 11.2. The van der Waals surface area contributed by atoms with Gasteiger partial charge in [-0.25, -0.2) is 9.37 Å². The number of Topliss-reactive ketones (excluding diaryl/α,β-unsaturated/α-hetero) is 1. The molecule has 12 rings (SSSR count). The van der Waals surface area contributed by atoms with Gasteiger partial charge in [0.2, 0.25) is 5.91 Å². The van der Waals surface area contributed by atoms with Gasteiger partial charge in [-0.2, -0.15) is 9.97 Å². The second-order valence-electron chi connectivity index (χ2n) is 23.8. The van der Waals surface area contributed by atoms with Gasteiger partial charge in [-0.3, -0.25) is 24.8 Å². The van der Waals surface area contributed by atoms with E-state index < -0.39 is 34.8 Å². The van der Waals surface area contributed by atoms with Gasteiger partial charge < -0.3 is 45.1 Å². The first kappa shape index (κ1) is 54.9. The maximum absolute atomic E-state index is 17.2. The van der Waals surface area contributed by atoms with Crippen LogP contribution in [0.3, 0.4) is 0 Å². The van der Waals surface area contributed by atoms with Gasteiger partial charge in [-0.1, -0.05) is 63.2 Å². The fourth-order valence-corrected chi connectivity index (χ4v) is 13.8. The first-order chi connectivity index (χ1) is 39.1. The summed E-state index contributed by atoms with van der Waals surface area (Å²) in [5.41, 5.74) is 4.10. The minimum absolute atomic E-state index is 0.0366. The van der Waals surface area contributed by atoms with Crippen molar-refractivity contribution in [1.82, 2.24) is 51.3 Å². The molecule has 426 valence electrons. The number of aliphatic hydroxyl groups excluding tert-OH is 1. The number of amides is 1. The van der Waals surface area contributed by atoms with E-state index in [9.17, 15) is 19.8 Å². The quantitative estimate of drug-likeness (QED) is 0.0426. The Balaban J connectivity index is 0.642. The van der Waals surface area contributed by atoms with Gasteiger partial charge in [0.15, 0.2) is 17.1 Å². The van der Waals surface area contributed by atoms with Crippen LogP contribution in [0.15, 0.2) is 76.9 Å². The highest BCUT2D eigenvalue weighted by Crippen LogP contribution is 2.40. The van der Waals surface area contributed by atoms with Crippen molar-refractivity contribution >= 4 is 50.5 Å². The topological polar surface area (TPSA) is 225 Å². The number of benzene rings is 3. The summed E-state index contributed by atoms with van der Waals surface area (Å²) in [5.74, 6) is 0.553. The van der Waals surface area contributed by atoms with Gasteiger partial charge in [0.1, 0.15) is 34.6 Å². The molecule has 6 N–H and O–H groups in total. The molecule has 81 heavy (non-hydrogen) atoms. The zero-order valence-corrected chi connectivity index (χ0v) is 47.5. The number of likely N-dealkylation sites (tertiary alicyclic amines) is 1. The lowest BCUT2D eigenvalue weighted by Crippen LogP contribution is -2.60. The molecule has 5 aliphatic rings. The van der Waals surface area contributed by atoms with E-state index in [4.69, 9.17) is 28.9 Å². The van der Waals surface area contributed by atoms with E-state index in [1.807, 2.05) is 75.7 Å². The molecule has 7 atom stereocenters. The fourth-order valence-electron chi connectivity index (χ4n) is 13.0. The summed E-state index contributed by atoms with van der Waals surface area (Å²) in [6, 6.07) is 19.5. The van der Waals surface area contributed by atoms with Crippen LogP contribution >= 0.6 is 11.3 Å². The van der Waals surface area contributed by atoms with Gasteiger partial charge in [0, 0.05) is 93.5 Å². The van der Waals surface area contributed by atoms with Crippen molar-refractivity contribution in [3.05, 3.63) is 101 Å². The number of carbonyl (C=O) groups excluding carboxylic acids is 2. The number of β-amino-alcohol motifs (C(OH)–C–C–N with tert-alkyl or cyclic N) is 1. The summed E-state index contributed by atoms with van der Waals surface area (Å²) in [6.07, 6.45) is 6.30. The van der Waals surface area contributed by atoms with Crippen molar-refractivity contribution in [1.29, 1.82) is 0 Å². The molecule has 0 spiro atoms. The number of hydrogen-bond acceptors (Lipinski definition) is 18. The molecule has 5 unspecified atom stereocenters. The summed E-state index contributed by atoms with van der Waals surface area (Å²) < 4.78 is 35.6. The van der Waals surface area contributed by atoms with Crippen LogP contribution < -0.4 is 35.6 Å². The number of nitrogens with one attached hydrogen (secondary N) is 4. The first-order valence-corrected chi connectivity index (χ1v) is 29.6. The van der Waals surface area contributed by atoms with E-state index in [1.54, 1.807) is 35.7 Å². The van der Waals surface area contributed by atoms with Crippen LogP contribution in [0.1, 0.15) is 101 Å². The van der Waals surface area contributed by atoms with Crippen molar-refractivity contribution in [3.63, 3.8) is 0 Å². The Morgan fingerprint density at radius 3 is 2.58 bits per heavy atom. The molecule has 4 aromatic heterocycles. The summed E-state index contributed by atoms with van der Waals surface area (Å²) in [4.78, 5) is 52.9. The van der Waals surface area contributed by atoms with Gasteiger partial charge in [-0.05, 0) is 110 Å². The molecule has 1 amide bonds. The number of rotatable bonds is 19. The molecule has 2 bridgehead atoms. The molecule has 3 aromatic carbocycles. The number of ether oxygens (including phenoxy) is 2. The molecule has 0 saturated carbocycles. The number of aromatic nitrogens is 5. The van der Waals surface area contributed by atoms with Crippen molar-refractivity contribution < 1.29 is 38.2 Å². The molecule has 5 fully saturated rings. The number of hydrogen-bond donors (Lipinski definition) is 6. The minimum atomic E-state index is -1.61. The molecule has 9 heterocycles. The van der Waals surface area contributed by atoms with Crippen molar-refractivity contribution in [2.75, 3.05) is 57.3 Å². The van der Waals surface area contributed by atoms with Crippen molar-refractivity contribution in [2.45, 2.75) is 133 Å². The first-order valence-electron chi connectivity index (χ1n) is 28.7. The molecular weight excluding hydrogens is 1050 g/mol. The lowest BCUT2D eigenvalue weighted by molar-refractivity contribution is -0.138. The van der Waals surface area contributed by atoms with Gasteiger partial charge in [0.25, 0.3) is 5.88 Å². The number of aliphatic hydroxyl groups is 1. The molecule has 20 heteroatoms. The number of aromatic hydroxyl groups is 1. The standard InChI is InChI=1S/C61H72FN11O7S/c1-6-37-8-7-9-40-21-44(74)22-47(52(37)40)54-53(62)55-48(27-64-54)57(73-29-42-14-15-43(30-73)68-42)70-59(69-55)78-19-17-41-20-36(16-18-63-41)28-72-31-46(32-72)79-51-23-50(80-71-51)60(4,5)25-49(76)61(24-45(75)26-66-61)58(77)67-34(2)38-10-12-39(13-11-38)56-35(3)65-33-81-56/h7-13,21-23,27,33-34,36,41-43,45-46,63,66,68,74-75H,6,14-20,24-26,28-32H2,1-5H3,(H,67,77)/t34-,36?,41?,42?,43?,45?,61+/m0/s1. The normalized spacial score (nSPS) is 23.7. The largest absolute Gasteiger partial charge is 0.508 e. The maximum Gasteiger partial charge on any atom is 0.319 e. The molecule has 0 aliphatic carbocycles. The average molecular weight is 1120 g/mol. The van der Waals surface area contributed by atoms with E-state index in [0.717, 1.165) is 116 Å². The minimum Gasteiger partial charge on any atom is -0.508 e. The van der Waals surface area contributed by atoms with E-state index in [-0.39, 0.29) is 60.3 Å². The molecule has 18 nitrogen and oxygen atoms in total. The Hall–Kier alpha value is -6.68. The highest BCUT2D eigenvalue weighted by molar-refractivity contribution is 7.13. The summed E-state index contributed by atoms with van der Waals surface area (Å²) in [7, 11) is 0. The van der Waals surface area contributed by atoms with Crippen LogP contribution in [-0.2, 0) is 21.4 Å². The number of fused-ring (bicyclic) bond motifs is 4. The Morgan fingerprint density at radius 1 is 1.04 bits per heavy atom. The second kappa shape index (κ2) is 22.6. The van der Waals surface area contributed by atoms with Crippen LogP contribution in [0.5, 0.6) is 17.6 Å². The number of piperidine rings is 1. The fraction of sp³-hybridized carbons (Fsp3) is 0.492. The zero-order valence-electron chi connectivity index (χ0n) is 46.6. The predicted molar refractivity (Wildman–Crippen MR) is 308 cm³/mol. The third-order valence-corrected chi connectivity index (χ3v) is 18.4. The van der Waals surface area contributed by atoms with Crippen LogP contribution in [0.4, 0.5) is 10.2 Å². The van der Waals surface area contributed by atoms with E-state index in [1.165, 1.54) is 0 Å². The number of carbonyl (C=O) groups is 2. The Labute approximate surface area is 474 Å².